The predicted octanol–water partition coefficient (Wildman–Crippen LogP) is 5.67. The molecule has 6 heteroatoms. The second-order valence-corrected chi connectivity index (χ2v) is 49.7. The number of benzene rings is 2. The highest BCUT2D eigenvalue weighted by atomic mass is 29.8. The SMILES string of the molecule is CCOc1ccc([Si](C)(C)[Si](C)(C)[Si](C)(c2ccc(OCC)cc2)[Si](C)(C)C)cc1. The van der Waals surface area contributed by atoms with Crippen molar-refractivity contribution < 1.29 is 9.47 Å². The number of rotatable bonds is 9. The Morgan fingerprint density at radius 2 is 0.933 bits per heavy atom. The van der Waals surface area contributed by atoms with Crippen molar-refractivity contribution in [1.29, 1.82) is 0 Å². The van der Waals surface area contributed by atoms with Gasteiger partial charge in [-0.05, 0) is 38.1 Å². The Morgan fingerprint density at radius 1 is 0.567 bits per heavy atom. The van der Waals surface area contributed by atoms with E-state index in [0.29, 0.717) is 0 Å². The molecule has 0 aliphatic carbocycles. The Hall–Kier alpha value is -1.09. The van der Waals surface area contributed by atoms with Crippen LogP contribution in [0.2, 0.25) is 52.4 Å². The topological polar surface area (TPSA) is 18.5 Å². The van der Waals surface area contributed by atoms with E-state index in [2.05, 4.69) is 108 Å². The Labute approximate surface area is 188 Å². The molecule has 0 spiro atoms. The van der Waals surface area contributed by atoms with E-state index in [4.69, 9.17) is 9.47 Å². The summed E-state index contributed by atoms with van der Waals surface area (Å²) in [5.41, 5.74) is 0. The molecular formula is C24H42O2Si4. The molecule has 0 fully saturated rings. The molecule has 2 aromatic rings. The summed E-state index contributed by atoms with van der Waals surface area (Å²) in [5, 5.41) is 3.24. The lowest BCUT2D eigenvalue weighted by atomic mass is 10.3. The lowest BCUT2D eigenvalue weighted by molar-refractivity contribution is 0.340. The van der Waals surface area contributed by atoms with Gasteiger partial charge in [-0.25, -0.2) is 0 Å². The van der Waals surface area contributed by atoms with E-state index in [1.807, 2.05) is 6.92 Å². The standard InChI is InChI=1S/C24H42O2Si4/c1-11-25-21-13-17-23(18-14-21)28(6,7)29(8,9)30(10,27(3,4)5)24-19-15-22(16-20-24)26-12-2/h13-20H,11-12H2,1-10H3. The summed E-state index contributed by atoms with van der Waals surface area (Å²) in [6.07, 6.45) is 0. The van der Waals surface area contributed by atoms with E-state index >= 15 is 0 Å². The molecule has 1 unspecified atom stereocenters. The van der Waals surface area contributed by atoms with Crippen LogP contribution in [0.15, 0.2) is 48.5 Å². The summed E-state index contributed by atoms with van der Waals surface area (Å²) in [5.74, 6) is 1.98. The highest BCUT2D eigenvalue weighted by molar-refractivity contribution is 7.87. The fraction of sp³-hybridized carbons (Fsp3) is 0.500. The molecule has 0 aliphatic heterocycles. The van der Waals surface area contributed by atoms with Gasteiger partial charge in [0.2, 0.25) is 0 Å². The Morgan fingerprint density at radius 3 is 1.27 bits per heavy atom. The highest BCUT2D eigenvalue weighted by Crippen LogP contribution is 2.35. The molecule has 0 saturated heterocycles. The molecule has 2 nitrogen and oxygen atoms in total. The van der Waals surface area contributed by atoms with Crippen LogP contribution in [0.4, 0.5) is 0 Å². The van der Waals surface area contributed by atoms with Crippen LogP contribution in [0.1, 0.15) is 13.8 Å². The van der Waals surface area contributed by atoms with Crippen LogP contribution in [0.25, 0.3) is 0 Å². The Balaban J connectivity index is 2.58. The fourth-order valence-corrected chi connectivity index (χ4v) is 79.3. The van der Waals surface area contributed by atoms with E-state index in [1.165, 1.54) is 0 Å². The van der Waals surface area contributed by atoms with Gasteiger partial charge in [0.1, 0.15) is 11.5 Å². The molecule has 0 aliphatic rings. The molecule has 0 aromatic heterocycles. The van der Waals surface area contributed by atoms with E-state index in [0.717, 1.165) is 24.7 Å². The Bertz CT molecular complexity index is 824. The number of ether oxygens (including phenoxy) is 2. The average molecular weight is 475 g/mol. The van der Waals surface area contributed by atoms with E-state index in [1.54, 1.807) is 10.4 Å². The number of hydrogen-bond acceptors (Lipinski definition) is 2. The molecule has 1 atom stereocenters. The zero-order valence-electron chi connectivity index (χ0n) is 20.8. The maximum Gasteiger partial charge on any atom is 0.119 e. The first-order valence-electron chi connectivity index (χ1n) is 11.3. The van der Waals surface area contributed by atoms with Crippen molar-refractivity contribution >= 4 is 39.8 Å². The van der Waals surface area contributed by atoms with Gasteiger partial charge in [0.05, 0.1) is 27.9 Å². The summed E-state index contributed by atoms with van der Waals surface area (Å²) in [6, 6.07) is 18.3. The zero-order valence-corrected chi connectivity index (χ0v) is 24.8. The molecule has 0 radical (unpaired) electrons. The van der Waals surface area contributed by atoms with Crippen molar-refractivity contribution in [3.63, 3.8) is 0 Å². The second kappa shape index (κ2) is 9.18. The van der Waals surface area contributed by atoms with Crippen LogP contribution in [-0.2, 0) is 0 Å². The smallest absolute Gasteiger partial charge is 0.119 e. The maximum absolute atomic E-state index is 5.75. The quantitative estimate of drug-likeness (QED) is 0.436. The second-order valence-electron chi connectivity index (χ2n) is 10.5. The third kappa shape index (κ3) is 4.42. The minimum Gasteiger partial charge on any atom is -0.494 e. The third-order valence-corrected chi connectivity index (χ3v) is 73.1. The van der Waals surface area contributed by atoms with Crippen molar-refractivity contribution in [1.82, 2.24) is 0 Å². The van der Waals surface area contributed by atoms with E-state index in [-0.39, 0.29) is 0 Å². The van der Waals surface area contributed by atoms with Crippen LogP contribution < -0.4 is 19.8 Å². The fourth-order valence-electron chi connectivity index (χ4n) is 4.90. The molecule has 30 heavy (non-hydrogen) atoms. The molecule has 0 saturated carbocycles. The van der Waals surface area contributed by atoms with Gasteiger partial charge >= 0.3 is 0 Å². The van der Waals surface area contributed by atoms with Gasteiger partial charge in [-0.1, -0.05) is 87.0 Å². The molecule has 0 heterocycles. The van der Waals surface area contributed by atoms with Gasteiger partial charge in [-0.3, -0.25) is 0 Å². The van der Waals surface area contributed by atoms with Crippen molar-refractivity contribution in [2.24, 2.45) is 0 Å². The van der Waals surface area contributed by atoms with Crippen LogP contribution in [0, 0.1) is 0 Å². The molecule has 166 valence electrons. The largest absolute Gasteiger partial charge is 0.494 e. The number of hydrogen-bond donors (Lipinski definition) is 0. The van der Waals surface area contributed by atoms with Gasteiger partial charge in [0.15, 0.2) is 0 Å². The van der Waals surface area contributed by atoms with Gasteiger partial charge < -0.3 is 9.47 Å². The summed E-state index contributed by atoms with van der Waals surface area (Å²) in [7, 11) is -6.39. The van der Waals surface area contributed by atoms with Gasteiger partial charge in [-0.2, -0.15) is 0 Å². The van der Waals surface area contributed by atoms with Gasteiger partial charge in [0.25, 0.3) is 0 Å². The highest BCUT2D eigenvalue weighted by Gasteiger charge is 2.61. The lowest BCUT2D eigenvalue weighted by Gasteiger charge is -2.56. The first-order valence-corrected chi connectivity index (χ1v) is 26.3. The normalized spacial score (nSPS) is 14.9. The third-order valence-electron chi connectivity index (χ3n) is 7.94. The first-order chi connectivity index (χ1) is 13.8. The van der Waals surface area contributed by atoms with Crippen molar-refractivity contribution in [3.8, 4) is 11.5 Å². The first kappa shape index (κ1) is 25.2. The van der Waals surface area contributed by atoms with Crippen molar-refractivity contribution in [3.05, 3.63) is 48.5 Å². The maximum atomic E-state index is 5.75. The summed E-state index contributed by atoms with van der Waals surface area (Å²) in [4.78, 5) is 0. The van der Waals surface area contributed by atoms with Gasteiger partial charge in [-0.15, -0.1) is 0 Å². The summed E-state index contributed by atoms with van der Waals surface area (Å²) in [6.45, 7) is 26.8. The minimum absolute atomic E-state index is 0.721. The van der Waals surface area contributed by atoms with Crippen LogP contribution in [-0.4, -0.2) is 42.6 Å². The molecule has 2 rings (SSSR count). The summed E-state index contributed by atoms with van der Waals surface area (Å²) < 4.78 is 11.5. The molecule has 0 N–H and O–H groups in total. The molecular weight excluding hydrogens is 433 g/mol. The van der Waals surface area contributed by atoms with Crippen LogP contribution >= 0.6 is 0 Å². The predicted molar refractivity (Wildman–Crippen MR) is 144 cm³/mol. The molecule has 0 amide bonds. The average Bonchev–Trinajstić information content (AvgIpc) is 2.68. The zero-order chi connectivity index (χ0) is 22.8. The minimum atomic E-state index is -1.69. The lowest BCUT2D eigenvalue weighted by Crippen LogP contribution is -2.86. The van der Waals surface area contributed by atoms with Crippen molar-refractivity contribution in [2.45, 2.75) is 66.2 Å². The molecule has 0 bridgehead atoms. The van der Waals surface area contributed by atoms with E-state index < -0.39 is 29.4 Å². The van der Waals surface area contributed by atoms with Crippen LogP contribution in [0.3, 0.4) is 0 Å². The molecule has 2 aromatic carbocycles. The van der Waals surface area contributed by atoms with E-state index in [9.17, 15) is 0 Å². The van der Waals surface area contributed by atoms with Gasteiger partial charge in [0, 0.05) is 14.7 Å². The summed E-state index contributed by atoms with van der Waals surface area (Å²) >= 11 is 0. The van der Waals surface area contributed by atoms with Crippen molar-refractivity contribution in [2.75, 3.05) is 13.2 Å². The van der Waals surface area contributed by atoms with Crippen LogP contribution in [0.5, 0.6) is 11.5 Å². The Kier molecular flexibility index (Phi) is 7.70. The monoisotopic (exact) mass is 474 g/mol.